The molecule has 0 radical (unpaired) electrons. The van der Waals surface area contributed by atoms with Gasteiger partial charge in [-0.05, 0) is 48.9 Å². The van der Waals surface area contributed by atoms with Gasteiger partial charge >= 0.3 is 0 Å². The van der Waals surface area contributed by atoms with Crippen LogP contribution in [0.5, 0.6) is 5.75 Å². The van der Waals surface area contributed by atoms with E-state index in [1.54, 1.807) is 11.3 Å². The quantitative estimate of drug-likeness (QED) is 0.911. The lowest BCUT2D eigenvalue weighted by Crippen LogP contribution is -2.21. The fourth-order valence-corrected chi connectivity index (χ4v) is 2.74. The highest BCUT2D eigenvalue weighted by molar-refractivity contribution is 7.10. The van der Waals surface area contributed by atoms with Crippen molar-refractivity contribution in [3.63, 3.8) is 0 Å². The Morgan fingerprint density at radius 3 is 2.50 bits per heavy atom. The van der Waals surface area contributed by atoms with Crippen molar-refractivity contribution in [3.05, 3.63) is 52.2 Å². The zero-order valence-electron chi connectivity index (χ0n) is 10.3. The molecule has 0 amide bonds. The first-order chi connectivity index (χ1) is 8.66. The first kappa shape index (κ1) is 11.8. The number of aliphatic hydroxyl groups is 1. The summed E-state index contributed by atoms with van der Waals surface area (Å²) in [5, 5.41) is 12.6. The van der Waals surface area contributed by atoms with Gasteiger partial charge in [0.1, 0.15) is 11.4 Å². The highest BCUT2D eigenvalue weighted by Crippen LogP contribution is 2.34. The summed E-state index contributed by atoms with van der Waals surface area (Å²) in [5.41, 5.74) is -0.0279. The van der Waals surface area contributed by atoms with Gasteiger partial charge in [-0.3, -0.25) is 0 Å². The number of hydrogen-bond donors (Lipinski definition) is 1. The van der Waals surface area contributed by atoms with Crippen LogP contribution >= 0.6 is 11.3 Å². The van der Waals surface area contributed by atoms with Crippen LogP contribution in [0.25, 0.3) is 0 Å². The molecule has 2 aromatic rings. The van der Waals surface area contributed by atoms with Crippen molar-refractivity contribution in [1.82, 2.24) is 0 Å². The van der Waals surface area contributed by atoms with E-state index in [1.807, 2.05) is 48.7 Å². The van der Waals surface area contributed by atoms with Crippen LogP contribution in [0.4, 0.5) is 0 Å². The Morgan fingerprint density at radius 1 is 1.22 bits per heavy atom. The summed E-state index contributed by atoms with van der Waals surface area (Å²) in [6.07, 6.45) is 2.73. The van der Waals surface area contributed by atoms with E-state index < -0.39 is 5.60 Å². The van der Waals surface area contributed by atoms with Gasteiger partial charge in [0.2, 0.25) is 0 Å². The lowest BCUT2D eigenvalue weighted by atomic mass is 9.94. The van der Waals surface area contributed by atoms with Crippen LogP contribution in [-0.2, 0) is 5.60 Å². The summed E-state index contributed by atoms with van der Waals surface area (Å²) >= 11 is 1.57. The first-order valence-electron chi connectivity index (χ1n) is 6.20. The van der Waals surface area contributed by atoms with E-state index in [1.165, 1.54) is 0 Å². The van der Waals surface area contributed by atoms with Crippen LogP contribution < -0.4 is 4.74 Å². The van der Waals surface area contributed by atoms with Crippen molar-refractivity contribution >= 4 is 11.3 Å². The van der Waals surface area contributed by atoms with Crippen LogP contribution in [0.2, 0.25) is 0 Å². The Balaban J connectivity index is 1.82. The minimum absolute atomic E-state index is 0.411. The van der Waals surface area contributed by atoms with Gasteiger partial charge in [0.05, 0.1) is 6.10 Å². The maximum absolute atomic E-state index is 10.6. The summed E-state index contributed by atoms with van der Waals surface area (Å²) in [6.45, 7) is 1.83. The third-order valence-corrected chi connectivity index (χ3v) is 4.33. The van der Waals surface area contributed by atoms with Gasteiger partial charge in [-0.15, -0.1) is 11.3 Å². The number of hydrogen-bond acceptors (Lipinski definition) is 3. The molecular formula is C15H16O2S. The van der Waals surface area contributed by atoms with E-state index >= 15 is 0 Å². The molecule has 1 unspecified atom stereocenters. The SMILES string of the molecule is CC(O)(c1ccc(OC2CC2)cc1)c1cccs1. The molecule has 2 nitrogen and oxygen atoms in total. The molecule has 1 atom stereocenters. The molecular weight excluding hydrogens is 244 g/mol. The zero-order valence-corrected chi connectivity index (χ0v) is 11.1. The summed E-state index contributed by atoms with van der Waals surface area (Å²) in [7, 11) is 0. The second kappa shape index (κ2) is 4.41. The van der Waals surface area contributed by atoms with Crippen molar-refractivity contribution < 1.29 is 9.84 Å². The van der Waals surface area contributed by atoms with Crippen LogP contribution in [0.15, 0.2) is 41.8 Å². The number of rotatable bonds is 4. The lowest BCUT2D eigenvalue weighted by Gasteiger charge is -2.22. The fourth-order valence-electron chi connectivity index (χ4n) is 1.93. The predicted octanol–water partition coefficient (Wildman–Crippen LogP) is 3.55. The highest BCUT2D eigenvalue weighted by Gasteiger charge is 2.27. The van der Waals surface area contributed by atoms with Crippen LogP contribution in [0, 0.1) is 0 Å². The maximum Gasteiger partial charge on any atom is 0.121 e. The molecule has 0 spiro atoms. The molecule has 1 aromatic heterocycles. The van der Waals surface area contributed by atoms with E-state index in [2.05, 4.69) is 0 Å². The van der Waals surface area contributed by atoms with Crippen molar-refractivity contribution in [3.8, 4) is 5.75 Å². The third-order valence-electron chi connectivity index (χ3n) is 3.24. The highest BCUT2D eigenvalue weighted by atomic mass is 32.1. The second-order valence-corrected chi connectivity index (χ2v) is 5.84. The van der Waals surface area contributed by atoms with Crippen LogP contribution in [0.3, 0.4) is 0 Å². The fraction of sp³-hybridized carbons (Fsp3) is 0.333. The predicted molar refractivity (Wildman–Crippen MR) is 73.1 cm³/mol. The minimum Gasteiger partial charge on any atom is -0.490 e. The molecule has 1 fully saturated rings. The maximum atomic E-state index is 10.6. The Bertz CT molecular complexity index is 510. The number of thiophene rings is 1. The van der Waals surface area contributed by atoms with Crippen molar-refractivity contribution in [2.75, 3.05) is 0 Å². The monoisotopic (exact) mass is 260 g/mol. The molecule has 0 aliphatic heterocycles. The van der Waals surface area contributed by atoms with Crippen molar-refractivity contribution in [2.45, 2.75) is 31.5 Å². The molecule has 1 aliphatic rings. The van der Waals surface area contributed by atoms with Gasteiger partial charge in [-0.1, -0.05) is 18.2 Å². The molecule has 1 N–H and O–H groups in total. The van der Waals surface area contributed by atoms with Gasteiger partial charge in [0.15, 0.2) is 0 Å². The normalized spacial score (nSPS) is 18.3. The standard InChI is InChI=1S/C15H16O2S/c1-15(16,14-3-2-10-18-14)11-4-6-12(7-5-11)17-13-8-9-13/h2-7,10,13,16H,8-9H2,1H3. The molecule has 1 aliphatic carbocycles. The van der Waals surface area contributed by atoms with Crippen molar-refractivity contribution in [2.24, 2.45) is 0 Å². The Hall–Kier alpha value is -1.32. The molecule has 1 saturated carbocycles. The van der Waals surface area contributed by atoms with E-state index in [0.717, 1.165) is 29.0 Å². The van der Waals surface area contributed by atoms with E-state index in [0.29, 0.717) is 6.10 Å². The Labute approximate surface area is 111 Å². The smallest absolute Gasteiger partial charge is 0.121 e. The van der Waals surface area contributed by atoms with Crippen LogP contribution in [-0.4, -0.2) is 11.2 Å². The molecule has 1 aromatic carbocycles. The Morgan fingerprint density at radius 2 is 1.94 bits per heavy atom. The molecule has 18 heavy (non-hydrogen) atoms. The number of ether oxygens (including phenoxy) is 1. The van der Waals surface area contributed by atoms with E-state index in [4.69, 9.17) is 4.74 Å². The summed E-state index contributed by atoms with van der Waals surface area (Å²) in [5.74, 6) is 0.892. The topological polar surface area (TPSA) is 29.5 Å². The Kier molecular flexibility index (Phi) is 2.88. The van der Waals surface area contributed by atoms with Gasteiger partial charge in [-0.2, -0.15) is 0 Å². The van der Waals surface area contributed by atoms with Crippen LogP contribution in [0.1, 0.15) is 30.2 Å². The second-order valence-electron chi connectivity index (χ2n) is 4.89. The first-order valence-corrected chi connectivity index (χ1v) is 7.08. The summed E-state index contributed by atoms with van der Waals surface area (Å²) in [4.78, 5) is 0.957. The molecule has 0 bridgehead atoms. The summed E-state index contributed by atoms with van der Waals surface area (Å²) in [6, 6.07) is 11.7. The molecule has 1 heterocycles. The third kappa shape index (κ3) is 2.28. The van der Waals surface area contributed by atoms with Gasteiger partial charge in [0, 0.05) is 4.88 Å². The average Bonchev–Trinajstić information content (AvgIpc) is 2.99. The summed E-state index contributed by atoms with van der Waals surface area (Å²) < 4.78 is 5.70. The van der Waals surface area contributed by atoms with E-state index in [-0.39, 0.29) is 0 Å². The van der Waals surface area contributed by atoms with Crippen molar-refractivity contribution in [1.29, 1.82) is 0 Å². The zero-order chi connectivity index (χ0) is 12.6. The van der Waals surface area contributed by atoms with Gasteiger partial charge in [-0.25, -0.2) is 0 Å². The largest absolute Gasteiger partial charge is 0.490 e. The number of benzene rings is 1. The lowest BCUT2D eigenvalue weighted by molar-refractivity contribution is 0.106. The van der Waals surface area contributed by atoms with Gasteiger partial charge in [0.25, 0.3) is 0 Å². The van der Waals surface area contributed by atoms with Gasteiger partial charge < -0.3 is 9.84 Å². The molecule has 3 rings (SSSR count). The molecule has 3 heteroatoms. The average molecular weight is 260 g/mol. The minimum atomic E-state index is -0.924. The molecule has 94 valence electrons. The molecule has 0 saturated heterocycles. The van der Waals surface area contributed by atoms with E-state index in [9.17, 15) is 5.11 Å².